The summed E-state index contributed by atoms with van der Waals surface area (Å²) in [5, 5.41) is 12.8. The zero-order valence-corrected chi connectivity index (χ0v) is 22.8. The number of halogens is 1. The van der Waals surface area contributed by atoms with Crippen LogP contribution in [0.25, 0.3) is 0 Å². The fraction of sp³-hybridized carbons (Fsp3) is 0.522. The molecule has 9 heteroatoms. The first-order chi connectivity index (χ1) is 14.7. The van der Waals surface area contributed by atoms with Crippen molar-refractivity contribution in [1.82, 2.24) is 15.6 Å². The lowest BCUT2D eigenvalue weighted by Gasteiger charge is -2.19. The standard InChI is InChI=1S/C23H35N5O2S.HI/c1-17-16-31-20(27-17)8-6-7-14-25-21(24-5)26-15-13-18-9-11-19(12-10-18)28-22(29)30-23(2,3)4;/h9-12,16H,6-8,13-15H2,1-5H3,(H,28,29)(H2,24,25,26);1H. The number of thiazole rings is 1. The van der Waals surface area contributed by atoms with Gasteiger partial charge in [-0.15, -0.1) is 35.3 Å². The van der Waals surface area contributed by atoms with E-state index in [2.05, 4.69) is 31.3 Å². The van der Waals surface area contributed by atoms with Crippen molar-refractivity contribution in [3.63, 3.8) is 0 Å². The molecule has 7 nitrogen and oxygen atoms in total. The molecule has 1 amide bonds. The Hall–Kier alpha value is -1.88. The first kappa shape index (κ1) is 28.2. The molecule has 0 spiro atoms. The summed E-state index contributed by atoms with van der Waals surface area (Å²) in [4.78, 5) is 20.6. The third-order valence-corrected chi connectivity index (χ3v) is 5.33. The highest BCUT2D eigenvalue weighted by molar-refractivity contribution is 14.0. The predicted molar refractivity (Wildman–Crippen MR) is 145 cm³/mol. The molecular formula is C23H36IN5O2S. The molecule has 0 saturated carbocycles. The van der Waals surface area contributed by atoms with Crippen LogP contribution in [0.15, 0.2) is 34.6 Å². The third-order valence-electron chi connectivity index (χ3n) is 4.31. The number of anilines is 1. The smallest absolute Gasteiger partial charge is 0.412 e. The number of nitrogens with one attached hydrogen (secondary N) is 3. The first-order valence-corrected chi connectivity index (χ1v) is 11.6. The van der Waals surface area contributed by atoms with Gasteiger partial charge in [-0.3, -0.25) is 10.3 Å². The van der Waals surface area contributed by atoms with Gasteiger partial charge < -0.3 is 15.4 Å². The highest BCUT2D eigenvalue weighted by Gasteiger charge is 2.16. The highest BCUT2D eigenvalue weighted by atomic mass is 127. The molecule has 1 aromatic carbocycles. The Bertz CT molecular complexity index is 847. The molecule has 0 bridgehead atoms. The SMILES string of the molecule is CN=C(NCCCCc1nc(C)cs1)NCCc1ccc(NC(=O)OC(C)(C)C)cc1.I. The molecule has 0 atom stereocenters. The number of nitrogens with zero attached hydrogens (tertiary/aromatic N) is 2. The molecule has 0 fully saturated rings. The number of guanidine groups is 1. The minimum Gasteiger partial charge on any atom is -0.444 e. The maximum atomic E-state index is 11.8. The van der Waals surface area contributed by atoms with Crippen LogP contribution in [0.2, 0.25) is 0 Å². The number of aliphatic imine (C=N–C) groups is 1. The maximum Gasteiger partial charge on any atom is 0.412 e. The third kappa shape index (κ3) is 11.7. The largest absolute Gasteiger partial charge is 0.444 e. The van der Waals surface area contributed by atoms with Crippen LogP contribution < -0.4 is 16.0 Å². The van der Waals surface area contributed by atoms with Gasteiger partial charge in [0.25, 0.3) is 0 Å². The monoisotopic (exact) mass is 573 g/mol. The number of unbranched alkanes of at least 4 members (excludes halogenated alkanes) is 1. The van der Waals surface area contributed by atoms with E-state index >= 15 is 0 Å². The fourth-order valence-electron chi connectivity index (χ4n) is 2.85. The van der Waals surface area contributed by atoms with Crippen molar-refractivity contribution in [2.75, 3.05) is 25.5 Å². The highest BCUT2D eigenvalue weighted by Crippen LogP contribution is 2.13. The Morgan fingerprint density at radius 2 is 1.78 bits per heavy atom. The van der Waals surface area contributed by atoms with E-state index in [1.165, 1.54) is 10.6 Å². The number of carbonyl (C=O) groups is 1. The van der Waals surface area contributed by atoms with Gasteiger partial charge in [-0.05, 0) is 71.1 Å². The van der Waals surface area contributed by atoms with Gasteiger partial charge in [-0.2, -0.15) is 0 Å². The number of hydrogen-bond donors (Lipinski definition) is 3. The van der Waals surface area contributed by atoms with Crippen molar-refractivity contribution < 1.29 is 9.53 Å². The molecule has 0 radical (unpaired) electrons. The molecule has 178 valence electrons. The molecule has 2 aromatic rings. The molecule has 0 aliphatic carbocycles. The van der Waals surface area contributed by atoms with Crippen LogP contribution in [0, 0.1) is 6.92 Å². The van der Waals surface area contributed by atoms with Gasteiger partial charge in [0.05, 0.1) is 5.01 Å². The molecule has 0 saturated heterocycles. The Labute approximate surface area is 212 Å². The number of hydrogen-bond acceptors (Lipinski definition) is 5. The average Bonchev–Trinajstić information content (AvgIpc) is 3.11. The van der Waals surface area contributed by atoms with E-state index in [4.69, 9.17) is 4.74 Å². The Kier molecular flexibility index (Phi) is 12.6. The van der Waals surface area contributed by atoms with Gasteiger partial charge in [0.1, 0.15) is 5.60 Å². The molecule has 0 aliphatic rings. The molecule has 1 aromatic heterocycles. The number of carbonyl (C=O) groups excluding carboxylic acids is 1. The minimum atomic E-state index is -0.511. The molecule has 1 heterocycles. The van der Waals surface area contributed by atoms with Crippen LogP contribution in [0.4, 0.5) is 10.5 Å². The van der Waals surface area contributed by atoms with Gasteiger partial charge in [-0.1, -0.05) is 12.1 Å². The fourth-order valence-corrected chi connectivity index (χ4v) is 3.67. The zero-order valence-electron chi connectivity index (χ0n) is 19.7. The van der Waals surface area contributed by atoms with E-state index in [9.17, 15) is 4.79 Å². The van der Waals surface area contributed by atoms with Crippen molar-refractivity contribution >= 4 is 53.1 Å². The summed E-state index contributed by atoms with van der Waals surface area (Å²) in [6.45, 7) is 9.22. The quantitative estimate of drug-likeness (QED) is 0.167. The lowest BCUT2D eigenvalue weighted by Crippen LogP contribution is -2.38. The summed E-state index contributed by atoms with van der Waals surface area (Å²) in [6.07, 6.45) is 3.63. The minimum absolute atomic E-state index is 0. The van der Waals surface area contributed by atoms with Crippen molar-refractivity contribution in [1.29, 1.82) is 0 Å². The van der Waals surface area contributed by atoms with E-state index in [0.717, 1.165) is 56.1 Å². The number of benzene rings is 1. The zero-order chi connectivity index (χ0) is 22.7. The Morgan fingerprint density at radius 3 is 2.38 bits per heavy atom. The van der Waals surface area contributed by atoms with E-state index in [0.29, 0.717) is 0 Å². The number of aryl methyl sites for hydroxylation is 2. The summed E-state index contributed by atoms with van der Waals surface area (Å²) in [5.41, 5.74) is 2.49. The van der Waals surface area contributed by atoms with E-state index in [-0.39, 0.29) is 24.0 Å². The van der Waals surface area contributed by atoms with Gasteiger partial charge in [-0.25, -0.2) is 9.78 Å². The Balaban J connectivity index is 0.00000512. The van der Waals surface area contributed by atoms with Crippen LogP contribution in [0.5, 0.6) is 0 Å². The number of rotatable bonds is 9. The van der Waals surface area contributed by atoms with Gasteiger partial charge in [0.15, 0.2) is 5.96 Å². The van der Waals surface area contributed by atoms with Crippen molar-refractivity contribution in [2.45, 2.75) is 59.0 Å². The van der Waals surface area contributed by atoms with Crippen molar-refractivity contribution in [2.24, 2.45) is 4.99 Å². The molecular weight excluding hydrogens is 537 g/mol. The Morgan fingerprint density at radius 1 is 1.09 bits per heavy atom. The van der Waals surface area contributed by atoms with Crippen LogP contribution in [-0.4, -0.2) is 42.8 Å². The maximum absolute atomic E-state index is 11.8. The van der Waals surface area contributed by atoms with Crippen LogP contribution >= 0.6 is 35.3 Å². The van der Waals surface area contributed by atoms with Crippen LogP contribution in [0.1, 0.15) is 49.9 Å². The second kappa shape index (κ2) is 14.3. The van der Waals surface area contributed by atoms with Gasteiger partial charge in [0.2, 0.25) is 0 Å². The van der Waals surface area contributed by atoms with E-state index < -0.39 is 11.7 Å². The summed E-state index contributed by atoms with van der Waals surface area (Å²) in [6, 6.07) is 7.78. The molecule has 0 unspecified atom stereocenters. The topological polar surface area (TPSA) is 87.6 Å². The number of aromatic nitrogens is 1. The average molecular weight is 574 g/mol. The summed E-state index contributed by atoms with van der Waals surface area (Å²) in [7, 11) is 1.78. The first-order valence-electron chi connectivity index (χ1n) is 10.7. The molecule has 32 heavy (non-hydrogen) atoms. The lowest BCUT2D eigenvalue weighted by atomic mass is 10.1. The summed E-state index contributed by atoms with van der Waals surface area (Å²) < 4.78 is 5.26. The summed E-state index contributed by atoms with van der Waals surface area (Å²) in [5.74, 6) is 0.813. The summed E-state index contributed by atoms with van der Waals surface area (Å²) >= 11 is 1.74. The molecule has 0 aliphatic heterocycles. The number of amides is 1. The molecule has 3 N–H and O–H groups in total. The van der Waals surface area contributed by atoms with E-state index in [1.54, 1.807) is 18.4 Å². The van der Waals surface area contributed by atoms with Gasteiger partial charge in [0, 0.05) is 36.9 Å². The van der Waals surface area contributed by atoms with Crippen LogP contribution in [0.3, 0.4) is 0 Å². The second-order valence-electron chi connectivity index (χ2n) is 8.34. The predicted octanol–water partition coefficient (Wildman–Crippen LogP) is 5.15. The van der Waals surface area contributed by atoms with Gasteiger partial charge >= 0.3 is 6.09 Å². The van der Waals surface area contributed by atoms with Crippen molar-refractivity contribution in [3.8, 4) is 0 Å². The number of ether oxygens (including phenoxy) is 1. The lowest BCUT2D eigenvalue weighted by molar-refractivity contribution is 0.0636. The second-order valence-corrected chi connectivity index (χ2v) is 9.28. The van der Waals surface area contributed by atoms with Crippen LogP contribution in [-0.2, 0) is 17.6 Å². The van der Waals surface area contributed by atoms with E-state index in [1.807, 2.05) is 52.0 Å². The van der Waals surface area contributed by atoms with Crippen molar-refractivity contribution in [3.05, 3.63) is 45.9 Å². The molecule has 2 rings (SSSR count). The normalized spacial score (nSPS) is 11.5.